The lowest BCUT2D eigenvalue weighted by molar-refractivity contribution is -0.139. The molecule has 0 N–H and O–H groups in total. The maximum Gasteiger partial charge on any atom is 0.316 e. The minimum absolute atomic E-state index is 0.0350. The molecular formula is C19H26N6O2. The van der Waals surface area contributed by atoms with Crippen molar-refractivity contribution < 1.29 is 9.53 Å². The summed E-state index contributed by atoms with van der Waals surface area (Å²) < 4.78 is 7.71. The maximum atomic E-state index is 13.1. The fraction of sp³-hybridized carbons (Fsp3) is 0.579. The number of amides is 1. The van der Waals surface area contributed by atoms with E-state index in [1.807, 2.05) is 15.6 Å². The Hall–Kier alpha value is -2.48. The molecule has 4 rings (SSSR count). The van der Waals surface area contributed by atoms with E-state index in [1.54, 1.807) is 24.7 Å². The first-order valence-corrected chi connectivity index (χ1v) is 9.68. The van der Waals surface area contributed by atoms with Crippen molar-refractivity contribution in [3.63, 3.8) is 0 Å². The van der Waals surface area contributed by atoms with Gasteiger partial charge < -0.3 is 14.5 Å². The third-order valence-electron chi connectivity index (χ3n) is 5.52. The van der Waals surface area contributed by atoms with E-state index in [9.17, 15) is 4.79 Å². The van der Waals surface area contributed by atoms with E-state index in [2.05, 4.69) is 26.9 Å². The first-order chi connectivity index (χ1) is 13.2. The number of piperidine rings is 1. The fourth-order valence-corrected chi connectivity index (χ4v) is 3.96. The molecule has 1 atom stereocenters. The van der Waals surface area contributed by atoms with E-state index in [-0.39, 0.29) is 17.9 Å². The van der Waals surface area contributed by atoms with E-state index in [0.29, 0.717) is 25.7 Å². The van der Waals surface area contributed by atoms with Crippen molar-refractivity contribution >= 4 is 5.91 Å². The highest BCUT2D eigenvalue weighted by atomic mass is 16.5. The molecule has 2 aromatic heterocycles. The Bertz CT molecular complexity index is 757. The molecule has 1 unspecified atom stereocenters. The number of fused-ring (bicyclic) bond motifs is 1. The zero-order valence-electron chi connectivity index (χ0n) is 15.7. The largest absolute Gasteiger partial charge is 0.461 e. The first-order valence-electron chi connectivity index (χ1n) is 9.68. The molecule has 8 heteroatoms. The monoisotopic (exact) mass is 370 g/mol. The molecule has 27 heavy (non-hydrogen) atoms. The Morgan fingerprint density at radius 2 is 2.00 bits per heavy atom. The van der Waals surface area contributed by atoms with Crippen molar-refractivity contribution in [1.29, 1.82) is 0 Å². The van der Waals surface area contributed by atoms with Gasteiger partial charge in [0.1, 0.15) is 12.6 Å². The van der Waals surface area contributed by atoms with E-state index in [4.69, 9.17) is 4.74 Å². The number of nitrogens with zero attached hydrogens (tertiary/aromatic N) is 6. The number of hydrogen-bond acceptors (Lipinski definition) is 6. The molecule has 2 aliphatic rings. The van der Waals surface area contributed by atoms with Crippen molar-refractivity contribution in [3.8, 4) is 6.01 Å². The smallest absolute Gasteiger partial charge is 0.316 e. The summed E-state index contributed by atoms with van der Waals surface area (Å²) >= 11 is 0. The van der Waals surface area contributed by atoms with Crippen molar-refractivity contribution in [3.05, 3.63) is 36.4 Å². The van der Waals surface area contributed by atoms with Crippen LogP contribution in [0.15, 0.2) is 30.7 Å². The molecule has 144 valence electrons. The van der Waals surface area contributed by atoms with Crippen LogP contribution < -0.4 is 4.74 Å². The minimum Gasteiger partial charge on any atom is -0.461 e. The molecule has 4 heterocycles. The lowest BCUT2D eigenvalue weighted by Gasteiger charge is -2.37. The van der Waals surface area contributed by atoms with Crippen LogP contribution in [0.25, 0.3) is 0 Å². The molecular weight excluding hydrogens is 344 g/mol. The Balaban J connectivity index is 1.42. The van der Waals surface area contributed by atoms with Crippen LogP contribution in [0.5, 0.6) is 6.01 Å². The maximum absolute atomic E-state index is 13.1. The number of carbonyl (C=O) groups excluding carboxylic acids is 1. The van der Waals surface area contributed by atoms with Crippen molar-refractivity contribution in [2.45, 2.75) is 32.4 Å². The van der Waals surface area contributed by atoms with Crippen molar-refractivity contribution in [2.75, 3.05) is 32.8 Å². The van der Waals surface area contributed by atoms with Crippen LogP contribution in [-0.4, -0.2) is 68.2 Å². The highest BCUT2D eigenvalue weighted by Crippen LogP contribution is 2.26. The molecule has 1 fully saturated rings. The second-order valence-corrected chi connectivity index (χ2v) is 7.19. The summed E-state index contributed by atoms with van der Waals surface area (Å²) in [5.74, 6) is 0.389. The van der Waals surface area contributed by atoms with Gasteiger partial charge in [0.05, 0.1) is 12.2 Å². The summed E-state index contributed by atoms with van der Waals surface area (Å²) in [5.41, 5.74) is 1.04. The Morgan fingerprint density at radius 1 is 1.22 bits per heavy atom. The molecule has 0 aromatic carbocycles. The number of ether oxygens (including phenoxy) is 1. The minimum atomic E-state index is -0.0350. The third kappa shape index (κ3) is 3.95. The normalized spacial score (nSPS) is 21.1. The van der Waals surface area contributed by atoms with E-state index in [1.165, 1.54) is 0 Å². The predicted molar refractivity (Wildman–Crippen MR) is 99.0 cm³/mol. The van der Waals surface area contributed by atoms with Crippen LogP contribution in [0.2, 0.25) is 0 Å². The molecule has 1 amide bonds. The van der Waals surface area contributed by atoms with Crippen LogP contribution >= 0.6 is 0 Å². The summed E-state index contributed by atoms with van der Waals surface area (Å²) in [6.07, 6.45) is 6.99. The van der Waals surface area contributed by atoms with E-state index >= 15 is 0 Å². The molecule has 0 bridgehead atoms. The van der Waals surface area contributed by atoms with Gasteiger partial charge in [0.25, 0.3) is 0 Å². The Kier molecular flexibility index (Phi) is 5.33. The van der Waals surface area contributed by atoms with Crippen molar-refractivity contribution in [1.82, 2.24) is 29.5 Å². The lowest BCUT2D eigenvalue weighted by Crippen LogP contribution is -2.47. The molecule has 8 nitrogen and oxygen atoms in total. The van der Waals surface area contributed by atoms with Crippen LogP contribution in [0.1, 0.15) is 31.5 Å². The molecule has 0 radical (unpaired) electrons. The molecule has 1 saturated heterocycles. The van der Waals surface area contributed by atoms with Gasteiger partial charge >= 0.3 is 6.01 Å². The van der Waals surface area contributed by atoms with Gasteiger partial charge in [-0.05, 0) is 44.6 Å². The first kappa shape index (κ1) is 17.9. The number of carbonyl (C=O) groups is 1. The molecule has 0 saturated carbocycles. The second kappa shape index (κ2) is 8.04. The highest BCUT2D eigenvalue weighted by Gasteiger charge is 2.33. The summed E-state index contributed by atoms with van der Waals surface area (Å²) in [6.45, 7) is 6.86. The second-order valence-electron chi connectivity index (χ2n) is 7.19. The van der Waals surface area contributed by atoms with E-state index < -0.39 is 0 Å². The Morgan fingerprint density at radius 3 is 2.74 bits per heavy atom. The average molecular weight is 370 g/mol. The summed E-state index contributed by atoms with van der Waals surface area (Å²) in [4.78, 5) is 25.7. The zero-order chi connectivity index (χ0) is 18.6. The van der Waals surface area contributed by atoms with Crippen molar-refractivity contribution in [2.24, 2.45) is 5.92 Å². The molecule has 2 aliphatic heterocycles. The number of hydrogen-bond donors (Lipinski definition) is 0. The van der Waals surface area contributed by atoms with Gasteiger partial charge in [-0.25, -0.2) is 9.97 Å². The lowest BCUT2D eigenvalue weighted by atomic mass is 9.94. The molecule has 0 spiro atoms. The average Bonchev–Trinajstić information content (AvgIpc) is 3.21. The number of aromatic nitrogens is 4. The van der Waals surface area contributed by atoms with Gasteiger partial charge in [-0.15, -0.1) is 0 Å². The summed E-state index contributed by atoms with van der Waals surface area (Å²) in [7, 11) is 0. The topological polar surface area (TPSA) is 76.4 Å². The van der Waals surface area contributed by atoms with Gasteiger partial charge in [-0.3, -0.25) is 9.48 Å². The highest BCUT2D eigenvalue weighted by molar-refractivity contribution is 5.79. The Labute approximate surface area is 159 Å². The van der Waals surface area contributed by atoms with Gasteiger partial charge in [0, 0.05) is 31.1 Å². The van der Waals surface area contributed by atoms with Crippen LogP contribution in [0.4, 0.5) is 0 Å². The van der Waals surface area contributed by atoms with Gasteiger partial charge in [-0.2, -0.15) is 5.10 Å². The third-order valence-corrected chi connectivity index (χ3v) is 5.52. The van der Waals surface area contributed by atoms with Crippen LogP contribution in [0.3, 0.4) is 0 Å². The van der Waals surface area contributed by atoms with E-state index in [0.717, 1.165) is 38.2 Å². The molecule has 0 aliphatic carbocycles. The molecule has 2 aromatic rings. The summed E-state index contributed by atoms with van der Waals surface area (Å²) in [5, 5.41) is 4.43. The summed E-state index contributed by atoms with van der Waals surface area (Å²) in [6, 6.07) is 4.04. The van der Waals surface area contributed by atoms with Gasteiger partial charge in [-0.1, -0.05) is 6.92 Å². The van der Waals surface area contributed by atoms with Gasteiger partial charge in [0.2, 0.25) is 5.91 Å². The number of rotatable bonds is 5. The van der Waals surface area contributed by atoms with Crippen LogP contribution in [-0.2, 0) is 11.3 Å². The zero-order valence-corrected chi connectivity index (χ0v) is 15.7. The standard InChI is InChI=1S/C19H26N6O2/c1-2-23-10-5-15(6-11-23)18(26)24-12-16-4-9-22-25(16)17(13-24)14-27-19-20-7-3-8-21-19/h3-4,7-9,15,17H,2,5-6,10-14H2,1H3. The fourth-order valence-electron chi connectivity index (χ4n) is 3.96. The SMILES string of the molecule is CCN1CCC(C(=O)N2Cc3ccnn3C(COc3ncccn3)C2)CC1. The van der Waals surface area contributed by atoms with Crippen LogP contribution in [0, 0.1) is 5.92 Å². The quantitative estimate of drug-likeness (QED) is 0.791. The predicted octanol–water partition coefficient (Wildman–Crippen LogP) is 1.37. The van der Waals surface area contributed by atoms with Gasteiger partial charge in [0.15, 0.2) is 0 Å². The number of likely N-dealkylation sites (tertiary alicyclic amines) is 1.